The number of carboxylic acid groups (broad SMARTS) is 1. The fourth-order valence-corrected chi connectivity index (χ4v) is 2.32. The van der Waals surface area contributed by atoms with Crippen molar-refractivity contribution < 1.29 is 28.2 Å². The van der Waals surface area contributed by atoms with Gasteiger partial charge in [0.15, 0.2) is 0 Å². The van der Waals surface area contributed by atoms with Crippen LogP contribution >= 0.6 is 0 Å². The number of hydrogen-bond acceptors (Lipinski definition) is 3. The van der Waals surface area contributed by atoms with Crippen LogP contribution in [0.2, 0.25) is 0 Å². The van der Waals surface area contributed by atoms with Crippen LogP contribution in [0.4, 0.5) is 8.78 Å². The maximum Gasteiger partial charge on any atom is 0.387 e. The van der Waals surface area contributed by atoms with Crippen LogP contribution in [0.25, 0.3) is 0 Å². The number of alkyl halides is 2. The number of hydrogen-bond donors (Lipinski definition) is 1. The summed E-state index contributed by atoms with van der Waals surface area (Å²) in [5.74, 6) is -1.69. The van der Waals surface area contributed by atoms with Crippen LogP contribution in [0.3, 0.4) is 0 Å². The van der Waals surface area contributed by atoms with Gasteiger partial charge in [0.05, 0.1) is 11.0 Å². The molecule has 1 saturated heterocycles. The number of amides is 1. The molecule has 21 heavy (non-hydrogen) atoms. The Kier molecular flexibility index (Phi) is 4.11. The molecule has 1 aliphatic heterocycles. The third kappa shape index (κ3) is 3.12. The molecule has 1 heterocycles. The Labute approximate surface area is 120 Å². The molecule has 1 atom stereocenters. The molecule has 7 heteroatoms. The fourth-order valence-electron chi connectivity index (χ4n) is 2.32. The van der Waals surface area contributed by atoms with Crippen LogP contribution in [0.1, 0.15) is 23.7 Å². The van der Waals surface area contributed by atoms with E-state index in [1.807, 2.05) is 0 Å². The zero-order valence-electron chi connectivity index (χ0n) is 11.4. The van der Waals surface area contributed by atoms with Crippen LogP contribution in [-0.2, 0) is 4.79 Å². The topological polar surface area (TPSA) is 66.8 Å². The van der Waals surface area contributed by atoms with Crippen LogP contribution in [0, 0.1) is 5.41 Å². The van der Waals surface area contributed by atoms with Gasteiger partial charge < -0.3 is 14.7 Å². The lowest BCUT2D eigenvalue weighted by molar-refractivity contribution is -0.147. The number of rotatable bonds is 4. The molecule has 0 saturated carbocycles. The molecule has 1 N–H and O–H groups in total. The van der Waals surface area contributed by atoms with E-state index in [0.29, 0.717) is 6.42 Å². The second kappa shape index (κ2) is 5.67. The summed E-state index contributed by atoms with van der Waals surface area (Å²) in [6, 6.07) is 5.69. The van der Waals surface area contributed by atoms with Gasteiger partial charge in [0, 0.05) is 13.1 Å². The third-order valence-corrected chi connectivity index (χ3v) is 3.61. The minimum Gasteiger partial charge on any atom is -0.481 e. The monoisotopic (exact) mass is 299 g/mol. The first-order valence-corrected chi connectivity index (χ1v) is 6.40. The molecule has 2 rings (SSSR count). The van der Waals surface area contributed by atoms with E-state index in [-0.39, 0.29) is 24.4 Å². The van der Waals surface area contributed by atoms with E-state index >= 15 is 0 Å². The zero-order valence-corrected chi connectivity index (χ0v) is 11.4. The van der Waals surface area contributed by atoms with Gasteiger partial charge in [-0.3, -0.25) is 9.59 Å². The van der Waals surface area contributed by atoms with Gasteiger partial charge in [0.1, 0.15) is 5.75 Å². The SMILES string of the molecule is CC1(C(=O)O)CCN(C(=O)c2ccccc2OC(F)F)C1. The summed E-state index contributed by atoms with van der Waals surface area (Å²) in [5.41, 5.74) is -0.999. The number of halogens is 2. The third-order valence-electron chi connectivity index (χ3n) is 3.61. The van der Waals surface area contributed by atoms with Gasteiger partial charge in [-0.1, -0.05) is 12.1 Å². The summed E-state index contributed by atoms with van der Waals surface area (Å²) in [5, 5.41) is 9.15. The Hall–Kier alpha value is -2.18. The lowest BCUT2D eigenvalue weighted by Gasteiger charge is -2.21. The number of para-hydroxylation sites is 1. The quantitative estimate of drug-likeness (QED) is 0.925. The normalized spacial score (nSPS) is 21.6. The lowest BCUT2D eigenvalue weighted by Crippen LogP contribution is -2.35. The standard InChI is InChI=1S/C14H15F2NO4/c1-14(12(19)20)6-7-17(8-14)11(18)9-4-2-3-5-10(9)21-13(15)16/h2-5,13H,6-8H2,1H3,(H,19,20). The molecule has 1 aromatic carbocycles. The van der Waals surface area contributed by atoms with Gasteiger partial charge in [0.2, 0.25) is 0 Å². The number of carboxylic acids is 1. The molecule has 0 bridgehead atoms. The van der Waals surface area contributed by atoms with E-state index in [1.165, 1.54) is 29.2 Å². The lowest BCUT2D eigenvalue weighted by atomic mass is 9.90. The molecule has 0 aromatic heterocycles. The summed E-state index contributed by atoms with van der Waals surface area (Å²) in [4.78, 5) is 24.9. The molecule has 1 aromatic rings. The number of benzene rings is 1. The Morgan fingerprint density at radius 2 is 2.05 bits per heavy atom. The molecule has 1 amide bonds. The molecule has 0 aliphatic carbocycles. The molecular formula is C14H15F2NO4. The van der Waals surface area contributed by atoms with Crippen molar-refractivity contribution in [3.8, 4) is 5.75 Å². The number of aliphatic carboxylic acids is 1. The smallest absolute Gasteiger partial charge is 0.387 e. The van der Waals surface area contributed by atoms with E-state index in [4.69, 9.17) is 5.11 Å². The van der Waals surface area contributed by atoms with E-state index in [2.05, 4.69) is 4.74 Å². The molecular weight excluding hydrogens is 284 g/mol. The van der Waals surface area contributed by atoms with Gasteiger partial charge in [-0.25, -0.2) is 0 Å². The second-order valence-electron chi connectivity index (χ2n) is 5.22. The molecule has 0 spiro atoms. The highest BCUT2D eigenvalue weighted by Crippen LogP contribution is 2.32. The van der Waals surface area contributed by atoms with Crippen molar-refractivity contribution in [1.29, 1.82) is 0 Å². The first-order valence-electron chi connectivity index (χ1n) is 6.40. The molecule has 1 unspecified atom stereocenters. The highest BCUT2D eigenvalue weighted by atomic mass is 19.3. The van der Waals surface area contributed by atoms with Gasteiger partial charge >= 0.3 is 12.6 Å². The van der Waals surface area contributed by atoms with Crippen molar-refractivity contribution in [3.63, 3.8) is 0 Å². The van der Waals surface area contributed by atoms with E-state index in [1.54, 1.807) is 6.92 Å². The predicted molar refractivity (Wildman–Crippen MR) is 69.3 cm³/mol. The zero-order chi connectivity index (χ0) is 15.6. The first kappa shape index (κ1) is 15.2. The van der Waals surface area contributed by atoms with Crippen LogP contribution in [0.15, 0.2) is 24.3 Å². The van der Waals surface area contributed by atoms with Gasteiger partial charge in [-0.05, 0) is 25.5 Å². The van der Waals surface area contributed by atoms with Crippen molar-refractivity contribution in [1.82, 2.24) is 4.90 Å². The highest BCUT2D eigenvalue weighted by Gasteiger charge is 2.42. The van der Waals surface area contributed by atoms with Gasteiger partial charge in [-0.2, -0.15) is 8.78 Å². The van der Waals surface area contributed by atoms with Crippen molar-refractivity contribution in [2.24, 2.45) is 5.41 Å². The summed E-state index contributed by atoms with van der Waals surface area (Å²) >= 11 is 0. The minimum absolute atomic E-state index is 0.00689. The molecule has 1 aliphatic rings. The number of nitrogens with zero attached hydrogens (tertiary/aromatic N) is 1. The van der Waals surface area contributed by atoms with Crippen LogP contribution in [0.5, 0.6) is 5.75 Å². The number of carbonyl (C=O) groups excluding carboxylic acids is 1. The number of likely N-dealkylation sites (tertiary alicyclic amines) is 1. The molecule has 0 radical (unpaired) electrons. The van der Waals surface area contributed by atoms with E-state index in [9.17, 15) is 18.4 Å². The Balaban J connectivity index is 2.20. The second-order valence-corrected chi connectivity index (χ2v) is 5.22. The first-order chi connectivity index (χ1) is 9.83. The van der Waals surface area contributed by atoms with Crippen LogP contribution in [-0.4, -0.2) is 41.6 Å². The average molecular weight is 299 g/mol. The molecule has 5 nitrogen and oxygen atoms in total. The summed E-state index contributed by atoms with van der Waals surface area (Å²) in [6.07, 6.45) is 0.325. The fraction of sp³-hybridized carbons (Fsp3) is 0.429. The van der Waals surface area contributed by atoms with Crippen molar-refractivity contribution in [2.75, 3.05) is 13.1 Å². The van der Waals surface area contributed by atoms with Crippen molar-refractivity contribution in [2.45, 2.75) is 20.0 Å². The minimum atomic E-state index is -3.03. The molecule has 1 fully saturated rings. The van der Waals surface area contributed by atoms with Crippen molar-refractivity contribution in [3.05, 3.63) is 29.8 Å². The molecule has 114 valence electrons. The average Bonchev–Trinajstić information content (AvgIpc) is 2.82. The van der Waals surface area contributed by atoms with E-state index < -0.39 is 23.9 Å². The summed E-state index contributed by atoms with van der Waals surface area (Å²) in [7, 11) is 0. The Morgan fingerprint density at radius 1 is 1.38 bits per heavy atom. The Bertz CT molecular complexity index is 564. The number of ether oxygens (including phenoxy) is 1. The summed E-state index contributed by atoms with van der Waals surface area (Å²) < 4.78 is 29.0. The maximum absolute atomic E-state index is 12.4. The van der Waals surface area contributed by atoms with Gasteiger partial charge in [-0.15, -0.1) is 0 Å². The van der Waals surface area contributed by atoms with E-state index in [0.717, 1.165) is 0 Å². The Morgan fingerprint density at radius 3 is 2.62 bits per heavy atom. The summed E-state index contributed by atoms with van der Waals surface area (Å²) in [6.45, 7) is -1.15. The maximum atomic E-state index is 12.4. The predicted octanol–water partition coefficient (Wildman–Crippen LogP) is 2.22. The highest BCUT2D eigenvalue weighted by molar-refractivity contribution is 5.97. The van der Waals surface area contributed by atoms with Crippen LogP contribution < -0.4 is 4.74 Å². The largest absolute Gasteiger partial charge is 0.481 e. The van der Waals surface area contributed by atoms with Gasteiger partial charge in [0.25, 0.3) is 5.91 Å². The number of carbonyl (C=O) groups is 2. The van der Waals surface area contributed by atoms with Crippen molar-refractivity contribution >= 4 is 11.9 Å².